The quantitative estimate of drug-likeness (QED) is 0.260. The summed E-state index contributed by atoms with van der Waals surface area (Å²) in [6, 6.07) is 0. The van der Waals surface area contributed by atoms with Crippen LogP contribution in [0.3, 0.4) is 0 Å². The van der Waals surface area contributed by atoms with Crippen LogP contribution in [0.15, 0.2) is 21.4 Å². The first-order valence-corrected chi connectivity index (χ1v) is 1.46. The number of hydrogen-bond donors (Lipinski definition) is 0. The van der Waals surface area contributed by atoms with Crippen LogP contribution >= 0.6 is 0 Å². The zero-order chi connectivity index (χ0) is 10.8. The van der Waals surface area contributed by atoms with Crippen LogP contribution in [0, 0.1) is 40.5 Å². The molecule has 0 N–H and O–H groups in total. The average molecular weight is 261 g/mol. The Morgan fingerprint density at radius 1 is 0.571 bits per heavy atom. The molecule has 14 heteroatoms. The average Bonchev–Trinajstić information content (AvgIpc) is 1.92. The first-order valence-electron chi connectivity index (χ1n) is 1.46. The van der Waals surface area contributed by atoms with Crippen molar-refractivity contribution in [1.29, 1.82) is 0 Å². The van der Waals surface area contributed by atoms with Crippen LogP contribution in [0.4, 0.5) is 0 Å². The fourth-order valence-electron chi connectivity index (χ4n) is 0. The van der Waals surface area contributed by atoms with Crippen LogP contribution < -0.4 is 18.9 Å². The third-order valence-corrected chi connectivity index (χ3v) is 0. The monoisotopic (exact) mass is 260 g/mol. The fraction of sp³-hybridized carbons (Fsp3) is 0. The first kappa shape index (κ1) is 38.5. The largest absolute Gasteiger partial charge is 3.00 e. The minimum atomic E-state index is 0. The first-order chi connectivity index (χ1) is 5.66. The van der Waals surface area contributed by atoms with E-state index in [0.29, 0.717) is 0 Å². The van der Waals surface area contributed by atoms with Gasteiger partial charge in [-0.2, -0.15) is 0 Å². The van der Waals surface area contributed by atoms with E-state index < -0.39 is 0 Å². The van der Waals surface area contributed by atoms with E-state index >= 15 is 0 Å². The van der Waals surface area contributed by atoms with Gasteiger partial charge in [0.05, 0.1) is 0 Å². The summed E-state index contributed by atoms with van der Waals surface area (Å²) in [5, 5.41) is 36.0. The molecule has 0 bridgehead atoms. The van der Waals surface area contributed by atoms with Gasteiger partial charge in [0, 0.05) is 0 Å². The molecule has 0 aromatic carbocycles. The van der Waals surface area contributed by atoms with E-state index in [4.69, 9.17) is 40.5 Å². The topological polar surface area (TPSA) is 210 Å². The molecule has 0 aromatic heterocycles. The maximum Gasteiger partial charge on any atom is 3.00 e. The van der Waals surface area contributed by atoms with Crippen LogP contribution in [0.2, 0.25) is 0 Å². The summed E-state index contributed by atoms with van der Waals surface area (Å²) >= 11 is 0. The van der Waals surface area contributed by atoms with Crippen LogP contribution in [-0.2, 0) is 0 Å². The smallest absolute Gasteiger partial charge is 0.444 e. The Bertz CT molecular complexity index is 75.3. The molecule has 0 heterocycles. The molecule has 12 nitrogen and oxygen atoms in total. The molecule has 0 saturated carbocycles. The Kier molecular flexibility index (Phi) is 475. The summed E-state index contributed by atoms with van der Waals surface area (Å²) in [6.45, 7) is 0. The van der Waals surface area contributed by atoms with E-state index in [-0.39, 0.29) is 38.7 Å². The molecule has 0 spiro atoms. The van der Waals surface area contributed by atoms with Gasteiger partial charge < -0.3 is 40.5 Å². The molecule has 0 amide bonds. The minimum Gasteiger partial charge on any atom is -0.444 e. The van der Waals surface area contributed by atoms with Crippen LogP contribution in [0.25, 0.3) is 0 Å². The van der Waals surface area contributed by atoms with Crippen molar-refractivity contribution in [1.82, 2.24) is 0 Å². The molecule has 0 saturated heterocycles. The van der Waals surface area contributed by atoms with Crippen molar-refractivity contribution in [3.05, 3.63) is 40.5 Å². The van der Waals surface area contributed by atoms with Gasteiger partial charge in [0.25, 0.3) is 0 Å². The minimum absolute atomic E-state index is 0. The summed E-state index contributed by atoms with van der Waals surface area (Å²) in [6.07, 6.45) is 0. The van der Waals surface area contributed by atoms with E-state index in [9.17, 15) is 0 Å². The van der Waals surface area contributed by atoms with Crippen molar-refractivity contribution in [2.75, 3.05) is 0 Å². The molecule has 0 aliphatic heterocycles. The maximum atomic E-state index is 8.00. The van der Waals surface area contributed by atoms with Gasteiger partial charge in [-0.3, -0.25) is 0 Å². The summed E-state index contributed by atoms with van der Waals surface area (Å²) in [7, 11) is 0. The zero-order valence-corrected chi connectivity index (χ0v) is 9.05. The molecule has 0 aromatic rings. The van der Waals surface area contributed by atoms with Gasteiger partial charge in [0.1, 0.15) is 0 Å². The molecular formula is GaLiN4O8. The summed E-state index contributed by atoms with van der Waals surface area (Å²) in [5.74, 6) is 0. The Morgan fingerprint density at radius 2 is 0.571 bits per heavy atom. The molecule has 72 valence electrons. The van der Waals surface area contributed by atoms with Gasteiger partial charge in [-0.25, -0.2) is 0 Å². The third-order valence-electron chi connectivity index (χ3n) is 0. The maximum absolute atomic E-state index is 8.00. The Balaban J connectivity index is -0.0000000145. The molecule has 0 atom stereocenters. The Labute approximate surface area is 101 Å². The van der Waals surface area contributed by atoms with Crippen LogP contribution in [0.5, 0.6) is 0 Å². The molecule has 0 fully saturated rings. The number of rotatable bonds is 0. The summed E-state index contributed by atoms with van der Waals surface area (Å²) in [5.41, 5.74) is 0. The van der Waals surface area contributed by atoms with Crippen LogP contribution in [-0.4, -0.2) is 19.8 Å². The van der Waals surface area contributed by atoms with E-state index in [2.05, 4.69) is 0 Å². The van der Waals surface area contributed by atoms with E-state index in [1.165, 1.54) is 0 Å². The number of hydrogen-bond acceptors (Lipinski definition) is 12. The van der Waals surface area contributed by atoms with Gasteiger partial charge in [-0.15, -0.1) is 21.4 Å². The molecule has 0 rings (SSSR count). The van der Waals surface area contributed by atoms with Crippen molar-refractivity contribution >= 4 is 19.8 Å². The van der Waals surface area contributed by atoms with Crippen molar-refractivity contribution < 1.29 is 18.9 Å². The van der Waals surface area contributed by atoms with Crippen molar-refractivity contribution in [3.63, 3.8) is 0 Å². The fourth-order valence-corrected chi connectivity index (χ4v) is 0. The molecule has 0 aliphatic carbocycles. The summed E-state index contributed by atoms with van der Waals surface area (Å²) < 4.78 is 0. The van der Waals surface area contributed by atoms with Crippen molar-refractivity contribution in [3.8, 4) is 0 Å². The zero-order valence-electron chi connectivity index (χ0n) is 6.63. The predicted molar refractivity (Wildman–Crippen MR) is 42.4 cm³/mol. The molecular weight excluding hydrogens is 261 g/mol. The van der Waals surface area contributed by atoms with E-state index in [1.54, 1.807) is 0 Å². The summed E-state index contributed by atoms with van der Waals surface area (Å²) in [4.78, 5) is 32.0. The van der Waals surface area contributed by atoms with Gasteiger partial charge in [0.15, 0.2) is 0 Å². The second-order valence-corrected chi connectivity index (χ2v) is 0.298. The van der Waals surface area contributed by atoms with Gasteiger partial charge in [-0.1, -0.05) is 0 Å². The third kappa shape index (κ3) is 770. The Morgan fingerprint density at radius 3 is 0.571 bits per heavy atom. The standard InChI is InChI=1S/Ga.Li.4HNO2/c;;4*2-1-3/h;;4*(H,2,3)/q+3;+1;;;;/p-4. The SMILES string of the molecule is O=N[O-].O=N[O-].O=N[O-].O=N[O-].[Ga+3].[Li+]. The van der Waals surface area contributed by atoms with Crippen molar-refractivity contribution in [2.45, 2.75) is 0 Å². The number of nitrogens with zero attached hydrogens (tertiary/aromatic N) is 4. The molecule has 0 radical (unpaired) electrons. The normalized spacial score (nSPS) is 3.43. The van der Waals surface area contributed by atoms with Crippen LogP contribution in [0.1, 0.15) is 0 Å². The van der Waals surface area contributed by atoms with E-state index in [1.807, 2.05) is 0 Å². The van der Waals surface area contributed by atoms with Gasteiger partial charge >= 0.3 is 38.7 Å². The molecule has 14 heavy (non-hydrogen) atoms. The predicted octanol–water partition coefficient (Wildman–Crippen LogP) is -2.37. The Hall–Kier alpha value is -1.17. The molecule has 0 aliphatic rings. The second kappa shape index (κ2) is 173. The van der Waals surface area contributed by atoms with E-state index in [0.717, 1.165) is 21.4 Å². The van der Waals surface area contributed by atoms with Gasteiger partial charge in [0.2, 0.25) is 0 Å². The molecule has 0 unspecified atom stereocenters. The van der Waals surface area contributed by atoms with Crippen molar-refractivity contribution in [2.24, 2.45) is 21.4 Å². The van der Waals surface area contributed by atoms with Gasteiger partial charge in [-0.05, 0) is 0 Å². The second-order valence-electron chi connectivity index (χ2n) is 0.298.